The van der Waals surface area contributed by atoms with E-state index in [1.165, 1.54) is 0 Å². The van der Waals surface area contributed by atoms with Crippen LogP contribution in [0.15, 0.2) is 18.5 Å². The molecule has 0 radical (unpaired) electrons. The first kappa shape index (κ1) is 15.1. The Morgan fingerprint density at radius 1 is 1.10 bits per heavy atom. The molecule has 2 aromatic heterocycles. The average molecular weight is 383 g/mol. The molecule has 0 fully saturated rings. The molecule has 2 heterocycles. The Kier molecular flexibility index (Phi) is 4.52. The van der Waals surface area contributed by atoms with E-state index in [2.05, 4.69) is 68.6 Å². The average Bonchev–Trinajstić information content (AvgIpc) is 2.41. The van der Waals surface area contributed by atoms with Gasteiger partial charge in [0.1, 0.15) is 5.82 Å². The van der Waals surface area contributed by atoms with E-state index in [1.54, 1.807) is 18.5 Å². The van der Waals surface area contributed by atoms with Crippen molar-refractivity contribution in [2.45, 2.75) is 33.1 Å². The molecule has 5 nitrogen and oxygen atoms in total. The molecule has 0 amide bonds. The maximum atomic E-state index is 4.67. The molecule has 20 heavy (non-hydrogen) atoms. The summed E-state index contributed by atoms with van der Waals surface area (Å²) in [5.41, 5.74) is 0.944. The second-order valence-electron chi connectivity index (χ2n) is 5.41. The topological polar surface area (TPSA) is 63.6 Å². The third-order valence-electron chi connectivity index (χ3n) is 2.67. The summed E-state index contributed by atoms with van der Waals surface area (Å²) in [4.78, 5) is 17.7. The summed E-state index contributed by atoms with van der Waals surface area (Å²) in [5.74, 6) is 1.95. The fourth-order valence-electron chi connectivity index (χ4n) is 1.74. The SMILES string of the molecule is CCNc1nc(-c2ncccn2)nc(C(C)(C)C)c1I. The molecule has 6 heteroatoms. The number of anilines is 1. The minimum Gasteiger partial charge on any atom is -0.369 e. The van der Waals surface area contributed by atoms with E-state index in [1.807, 2.05) is 6.92 Å². The summed E-state index contributed by atoms with van der Waals surface area (Å²) in [6.45, 7) is 9.29. The Labute approximate surface area is 132 Å². The second-order valence-corrected chi connectivity index (χ2v) is 6.49. The highest BCUT2D eigenvalue weighted by Crippen LogP contribution is 2.30. The molecule has 2 rings (SSSR count). The van der Waals surface area contributed by atoms with Gasteiger partial charge in [-0.2, -0.15) is 0 Å². The summed E-state index contributed by atoms with van der Waals surface area (Å²) < 4.78 is 1.05. The highest BCUT2D eigenvalue weighted by atomic mass is 127. The summed E-state index contributed by atoms with van der Waals surface area (Å²) in [6.07, 6.45) is 3.40. The van der Waals surface area contributed by atoms with Gasteiger partial charge < -0.3 is 5.32 Å². The molecule has 0 bridgehead atoms. The third-order valence-corrected chi connectivity index (χ3v) is 3.69. The van der Waals surface area contributed by atoms with Crippen molar-refractivity contribution in [2.24, 2.45) is 0 Å². The number of halogens is 1. The molecule has 0 aliphatic carbocycles. The zero-order valence-corrected chi connectivity index (χ0v) is 14.3. The van der Waals surface area contributed by atoms with Crippen LogP contribution < -0.4 is 5.32 Å². The minimum atomic E-state index is -0.0623. The minimum absolute atomic E-state index is 0.0623. The first-order chi connectivity index (χ1) is 9.43. The molecular formula is C14H18IN5. The van der Waals surface area contributed by atoms with Crippen molar-refractivity contribution in [3.8, 4) is 11.6 Å². The summed E-state index contributed by atoms with van der Waals surface area (Å²) in [5, 5.41) is 3.28. The molecule has 0 aliphatic heterocycles. The van der Waals surface area contributed by atoms with Crippen LogP contribution in [0.1, 0.15) is 33.4 Å². The second kappa shape index (κ2) is 5.99. The van der Waals surface area contributed by atoms with Crippen LogP contribution >= 0.6 is 22.6 Å². The smallest absolute Gasteiger partial charge is 0.200 e. The molecule has 106 valence electrons. The van der Waals surface area contributed by atoms with Crippen molar-refractivity contribution in [3.05, 3.63) is 27.7 Å². The van der Waals surface area contributed by atoms with Crippen molar-refractivity contribution in [1.29, 1.82) is 0 Å². The van der Waals surface area contributed by atoms with Crippen LogP contribution in [0.25, 0.3) is 11.6 Å². The van der Waals surface area contributed by atoms with Crippen LogP contribution in [0.3, 0.4) is 0 Å². The fraction of sp³-hybridized carbons (Fsp3) is 0.429. The highest BCUT2D eigenvalue weighted by Gasteiger charge is 2.23. The summed E-state index contributed by atoms with van der Waals surface area (Å²) in [7, 11) is 0. The number of nitrogens with zero attached hydrogens (tertiary/aromatic N) is 4. The van der Waals surface area contributed by atoms with Crippen LogP contribution in [0.4, 0.5) is 5.82 Å². The van der Waals surface area contributed by atoms with Gasteiger partial charge in [-0.3, -0.25) is 0 Å². The van der Waals surface area contributed by atoms with Gasteiger partial charge in [-0.25, -0.2) is 19.9 Å². The van der Waals surface area contributed by atoms with Crippen LogP contribution in [0.2, 0.25) is 0 Å². The van der Waals surface area contributed by atoms with Crippen molar-refractivity contribution >= 4 is 28.4 Å². The molecular weight excluding hydrogens is 365 g/mol. The summed E-state index contributed by atoms with van der Waals surface area (Å²) in [6, 6.07) is 1.78. The van der Waals surface area contributed by atoms with Crippen LogP contribution in [-0.2, 0) is 5.41 Å². The van der Waals surface area contributed by atoms with Gasteiger partial charge in [0.25, 0.3) is 0 Å². The van der Waals surface area contributed by atoms with E-state index in [-0.39, 0.29) is 5.41 Å². The zero-order chi connectivity index (χ0) is 14.8. The fourth-order valence-corrected chi connectivity index (χ4v) is 2.98. The van der Waals surface area contributed by atoms with Crippen molar-refractivity contribution in [1.82, 2.24) is 19.9 Å². The molecule has 0 aromatic carbocycles. The Balaban J connectivity index is 2.62. The Morgan fingerprint density at radius 3 is 2.30 bits per heavy atom. The zero-order valence-electron chi connectivity index (χ0n) is 12.1. The molecule has 0 saturated heterocycles. The van der Waals surface area contributed by atoms with Crippen LogP contribution in [0.5, 0.6) is 0 Å². The molecule has 0 spiro atoms. The largest absolute Gasteiger partial charge is 0.369 e. The van der Waals surface area contributed by atoms with E-state index in [0.29, 0.717) is 11.6 Å². The molecule has 0 unspecified atom stereocenters. The van der Waals surface area contributed by atoms with E-state index in [0.717, 1.165) is 21.6 Å². The van der Waals surface area contributed by atoms with Crippen molar-refractivity contribution in [2.75, 3.05) is 11.9 Å². The number of aromatic nitrogens is 4. The predicted molar refractivity (Wildman–Crippen MR) is 88.6 cm³/mol. The van der Waals surface area contributed by atoms with Crippen molar-refractivity contribution in [3.63, 3.8) is 0 Å². The molecule has 0 atom stereocenters. The monoisotopic (exact) mass is 383 g/mol. The highest BCUT2D eigenvalue weighted by molar-refractivity contribution is 14.1. The van der Waals surface area contributed by atoms with Gasteiger partial charge in [-0.05, 0) is 35.6 Å². The third kappa shape index (κ3) is 3.23. The lowest BCUT2D eigenvalue weighted by molar-refractivity contribution is 0.563. The normalized spacial score (nSPS) is 11.4. The number of nitrogens with one attached hydrogen (secondary N) is 1. The quantitative estimate of drug-likeness (QED) is 0.825. The number of hydrogen-bond donors (Lipinski definition) is 1. The lowest BCUT2D eigenvalue weighted by atomic mass is 9.92. The Morgan fingerprint density at radius 2 is 1.75 bits per heavy atom. The maximum Gasteiger partial charge on any atom is 0.200 e. The Bertz CT molecular complexity index is 593. The van der Waals surface area contributed by atoms with Gasteiger partial charge in [0, 0.05) is 24.4 Å². The van der Waals surface area contributed by atoms with E-state index in [9.17, 15) is 0 Å². The predicted octanol–water partition coefficient (Wildman–Crippen LogP) is 3.27. The molecule has 0 aliphatic rings. The lowest BCUT2D eigenvalue weighted by Gasteiger charge is -2.21. The molecule has 1 N–H and O–H groups in total. The van der Waals surface area contributed by atoms with E-state index < -0.39 is 0 Å². The first-order valence-corrected chi connectivity index (χ1v) is 7.60. The molecule has 0 saturated carbocycles. The summed E-state index contributed by atoms with van der Waals surface area (Å²) >= 11 is 2.30. The van der Waals surface area contributed by atoms with Crippen LogP contribution in [0, 0.1) is 3.57 Å². The van der Waals surface area contributed by atoms with Gasteiger partial charge in [-0.15, -0.1) is 0 Å². The van der Waals surface area contributed by atoms with Gasteiger partial charge in [-0.1, -0.05) is 20.8 Å². The lowest BCUT2D eigenvalue weighted by Crippen LogP contribution is -2.19. The van der Waals surface area contributed by atoms with E-state index in [4.69, 9.17) is 0 Å². The van der Waals surface area contributed by atoms with Crippen molar-refractivity contribution < 1.29 is 0 Å². The van der Waals surface area contributed by atoms with Gasteiger partial charge in [0.05, 0.1) is 9.26 Å². The van der Waals surface area contributed by atoms with Crippen LogP contribution in [-0.4, -0.2) is 26.5 Å². The van der Waals surface area contributed by atoms with E-state index >= 15 is 0 Å². The molecule has 2 aromatic rings. The first-order valence-electron chi connectivity index (χ1n) is 6.52. The van der Waals surface area contributed by atoms with Gasteiger partial charge in [0.2, 0.25) is 0 Å². The number of hydrogen-bond acceptors (Lipinski definition) is 5. The number of rotatable bonds is 3. The van der Waals surface area contributed by atoms with Gasteiger partial charge >= 0.3 is 0 Å². The Hall–Kier alpha value is -1.31. The maximum absolute atomic E-state index is 4.67. The van der Waals surface area contributed by atoms with Gasteiger partial charge in [0.15, 0.2) is 11.6 Å². The standard InChI is InChI=1S/C14H18IN5/c1-5-16-11-9(15)10(14(2,3)4)19-13(20-11)12-17-7-6-8-18-12/h6-8H,5H2,1-4H3,(H,16,19,20).